The van der Waals surface area contributed by atoms with E-state index in [4.69, 9.17) is 9.47 Å². The minimum absolute atomic E-state index is 0.0803. The van der Waals surface area contributed by atoms with Gasteiger partial charge in [0.05, 0.1) is 11.7 Å². The monoisotopic (exact) mass is 514 g/mol. The summed E-state index contributed by atoms with van der Waals surface area (Å²) in [5.74, 6) is 0.448. The van der Waals surface area contributed by atoms with Crippen LogP contribution in [0.5, 0.6) is 11.5 Å². The van der Waals surface area contributed by atoms with Gasteiger partial charge >= 0.3 is 5.69 Å². The van der Waals surface area contributed by atoms with Gasteiger partial charge in [0.15, 0.2) is 11.5 Å². The van der Waals surface area contributed by atoms with Crippen LogP contribution in [0.1, 0.15) is 50.1 Å². The maximum Gasteiger partial charge on any atom is 0.368 e. The molecule has 0 spiro atoms. The van der Waals surface area contributed by atoms with Gasteiger partial charge in [-0.15, -0.1) is 0 Å². The predicted molar refractivity (Wildman–Crippen MR) is 131 cm³/mol. The van der Waals surface area contributed by atoms with Crippen LogP contribution in [0.25, 0.3) is 5.69 Å². The Morgan fingerprint density at radius 2 is 1.82 bits per heavy atom. The Hall–Kier alpha value is -5.07. The molecule has 2 amide bonds. The highest BCUT2D eigenvalue weighted by Gasteiger charge is 2.26. The van der Waals surface area contributed by atoms with Gasteiger partial charge in [-0.3, -0.25) is 9.59 Å². The minimum atomic E-state index is -0.433. The third kappa shape index (κ3) is 4.34. The summed E-state index contributed by atoms with van der Waals surface area (Å²) in [4.78, 5) is 45.9. The molecule has 0 unspecified atom stereocenters. The van der Waals surface area contributed by atoms with E-state index in [1.807, 2.05) is 18.2 Å². The molecule has 0 bridgehead atoms. The molecule has 3 heterocycles. The van der Waals surface area contributed by atoms with E-state index < -0.39 is 11.8 Å². The van der Waals surface area contributed by atoms with Gasteiger partial charge in [0.1, 0.15) is 17.7 Å². The van der Waals surface area contributed by atoms with Crippen LogP contribution < -0.4 is 25.8 Å². The molecule has 0 saturated carbocycles. The molecule has 4 aromatic rings. The van der Waals surface area contributed by atoms with E-state index >= 15 is 0 Å². The average molecular weight is 515 g/mol. The van der Waals surface area contributed by atoms with E-state index in [0.29, 0.717) is 23.6 Å². The molecular weight excluding hydrogens is 492 g/mol. The number of ether oxygens (including phenoxy) is 2. The maximum absolute atomic E-state index is 13.0. The summed E-state index contributed by atoms with van der Waals surface area (Å²) in [5, 5.41) is 13.4. The van der Waals surface area contributed by atoms with Crippen LogP contribution in [0, 0.1) is 0 Å². The van der Waals surface area contributed by atoms with Gasteiger partial charge in [-0.1, -0.05) is 12.1 Å². The van der Waals surface area contributed by atoms with E-state index in [-0.39, 0.29) is 36.5 Å². The number of nitrogens with zero attached hydrogens (tertiary/aromatic N) is 6. The Morgan fingerprint density at radius 1 is 1.00 bits per heavy atom. The first-order valence-corrected chi connectivity index (χ1v) is 11.9. The number of tetrazole rings is 1. The maximum atomic E-state index is 13.0. The normalized spacial score (nSPS) is 15.2. The van der Waals surface area contributed by atoms with Crippen LogP contribution in [0.2, 0.25) is 0 Å². The second-order valence-electron chi connectivity index (χ2n) is 8.90. The fourth-order valence-electron chi connectivity index (χ4n) is 4.52. The fourth-order valence-corrected chi connectivity index (χ4v) is 4.52. The Balaban J connectivity index is 1.11. The zero-order valence-electron chi connectivity index (χ0n) is 20.2. The highest BCUT2D eigenvalue weighted by molar-refractivity contribution is 5.97. The van der Waals surface area contributed by atoms with Crippen molar-refractivity contribution < 1.29 is 19.1 Å². The molecule has 1 atom stereocenters. The summed E-state index contributed by atoms with van der Waals surface area (Å²) >= 11 is 0. The summed E-state index contributed by atoms with van der Waals surface area (Å²) < 4.78 is 13.0. The zero-order chi connectivity index (χ0) is 26.2. The molecule has 1 aliphatic carbocycles. The minimum Gasteiger partial charge on any atom is -0.454 e. The predicted octanol–water partition coefficient (Wildman–Crippen LogP) is 0.832. The molecule has 2 aromatic heterocycles. The van der Waals surface area contributed by atoms with Crippen LogP contribution in [-0.4, -0.2) is 48.4 Å². The lowest BCUT2D eigenvalue weighted by molar-refractivity contribution is 0.0931. The lowest BCUT2D eigenvalue weighted by Crippen LogP contribution is -2.29. The van der Waals surface area contributed by atoms with Crippen molar-refractivity contribution in [2.24, 2.45) is 7.05 Å². The molecule has 192 valence electrons. The van der Waals surface area contributed by atoms with Gasteiger partial charge in [-0.2, -0.15) is 9.36 Å². The first kappa shape index (κ1) is 23.3. The number of hydrogen-bond donors (Lipinski definition) is 2. The van der Waals surface area contributed by atoms with Crippen molar-refractivity contribution in [2.75, 3.05) is 6.79 Å². The van der Waals surface area contributed by atoms with Gasteiger partial charge in [0.2, 0.25) is 6.79 Å². The smallest absolute Gasteiger partial charge is 0.368 e. The second kappa shape index (κ2) is 9.42. The quantitative estimate of drug-likeness (QED) is 0.381. The summed E-state index contributed by atoms with van der Waals surface area (Å²) in [6.07, 6.45) is 2.60. The van der Waals surface area contributed by atoms with Crippen molar-refractivity contribution in [1.82, 2.24) is 40.4 Å². The topological polar surface area (TPSA) is 155 Å². The van der Waals surface area contributed by atoms with E-state index in [1.54, 1.807) is 18.2 Å². The lowest BCUT2D eigenvalue weighted by atomic mass is 10.1. The molecule has 13 nitrogen and oxygen atoms in total. The SMILES string of the molecule is Cn1nnn(-c2ccc3c(c2)CC[C@@H]3NC(=O)c2cc(C(=O)NCc3ccc4c(c3)OCO4)ncn2)c1=O. The number of carbonyl (C=O) groups excluding carboxylic acids is 2. The fraction of sp³-hybridized carbons (Fsp3) is 0.240. The molecule has 38 heavy (non-hydrogen) atoms. The number of carbonyl (C=O) groups is 2. The highest BCUT2D eigenvalue weighted by Crippen LogP contribution is 2.33. The number of rotatable bonds is 6. The molecular formula is C25H22N8O5. The van der Waals surface area contributed by atoms with Crippen LogP contribution in [0.3, 0.4) is 0 Å². The first-order valence-electron chi connectivity index (χ1n) is 11.9. The Labute approximate surface area is 215 Å². The van der Waals surface area contributed by atoms with Crippen LogP contribution in [-0.2, 0) is 20.0 Å². The van der Waals surface area contributed by atoms with E-state index in [1.165, 1.54) is 24.1 Å². The second-order valence-corrected chi connectivity index (χ2v) is 8.90. The van der Waals surface area contributed by atoms with Crippen LogP contribution >= 0.6 is 0 Å². The number of aryl methyl sites for hydroxylation is 2. The van der Waals surface area contributed by atoms with E-state index in [2.05, 4.69) is 31.0 Å². The Bertz CT molecular complexity index is 1630. The van der Waals surface area contributed by atoms with Crippen molar-refractivity contribution in [1.29, 1.82) is 0 Å². The Kier molecular flexibility index (Phi) is 5.79. The number of amides is 2. The largest absolute Gasteiger partial charge is 0.454 e. The third-order valence-corrected chi connectivity index (χ3v) is 6.50. The van der Waals surface area contributed by atoms with Crippen LogP contribution in [0.4, 0.5) is 0 Å². The zero-order valence-corrected chi connectivity index (χ0v) is 20.2. The van der Waals surface area contributed by atoms with Crippen molar-refractivity contribution in [3.8, 4) is 17.2 Å². The van der Waals surface area contributed by atoms with Gasteiger partial charge in [-0.05, 0) is 64.2 Å². The summed E-state index contributed by atoms with van der Waals surface area (Å²) in [5.41, 5.74) is 3.24. The molecule has 0 fully saturated rings. The van der Waals surface area contributed by atoms with Gasteiger partial charge in [-0.25, -0.2) is 14.8 Å². The van der Waals surface area contributed by atoms with Crippen molar-refractivity contribution in [2.45, 2.75) is 25.4 Å². The highest BCUT2D eigenvalue weighted by atomic mass is 16.7. The standard InChI is InChI=1S/C25H22N8O5/c1-32-25(36)33(31-30-32)16-4-5-17-15(9-16)3-6-18(17)29-24(35)20-10-19(27-12-28-20)23(34)26-11-14-2-7-21-22(8-14)38-13-37-21/h2,4-5,7-10,12,18H,3,6,11,13H2,1H3,(H,26,34)(H,29,35)/t18-/m0/s1. The molecule has 2 aliphatic rings. The van der Waals surface area contributed by atoms with Crippen LogP contribution in [0.15, 0.2) is 53.6 Å². The number of hydrogen-bond acceptors (Lipinski definition) is 9. The lowest BCUT2D eigenvalue weighted by Gasteiger charge is -2.14. The first-order chi connectivity index (χ1) is 18.5. The average Bonchev–Trinajstić information content (AvgIpc) is 3.66. The third-order valence-electron chi connectivity index (χ3n) is 6.50. The molecule has 2 aromatic carbocycles. The molecule has 6 rings (SSSR count). The number of nitrogens with one attached hydrogen (secondary N) is 2. The molecule has 0 radical (unpaired) electrons. The van der Waals surface area contributed by atoms with Crippen molar-refractivity contribution >= 4 is 11.8 Å². The summed E-state index contributed by atoms with van der Waals surface area (Å²) in [6.45, 7) is 0.428. The van der Waals surface area contributed by atoms with Crippen molar-refractivity contribution in [3.63, 3.8) is 0 Å². The molecule has 1 aliphatic heterocycles. The molecule has 0 saturated heterocycles. The molecule has 2 N–H and O–H groups in total. The summed E-state index contributed by atoms with van der Waals surface area (Å²) in [7, 11) is 1.53. The van der Waals surface area contributed by atoms with E-state index in [0.717, 1.165) is 27.8 Å². The van der Waals surface area contributed by atoms with Gasteiger partial charge in [0, 0.05) is 19.7 Å². The number of aromatic nitrogens is 6. The Morgan fingerprint density at radius 3 is 2.63 bits per heavy atom. The van der Waals surface area contributed by atoms with Gasteiger partial charge < -0.3 is 20.1 Å². The number of benzene rings is 2. The van der Waals surface area contributed by atoms with Gasteiger partial charge in [0.25, 0.3) is 11.8 Å². The van der Waals surface area contributed by atoms with Crippen molar-refractivity contribution in [3.05, 3.63) is 87.4 Å². The summed E-state index contributed by atoms with van der Waals surface area (Å²) in [6, 6.07) is 12.1. The molecule has 13 heteroatoms. The number of fused-ring (bicyclic) bond motifs is 2. The van der Waals surface area contributed by atoms with E-state index in [9.17, 15) is 14.4 Å².